The van der Waals surface area contributed by atoms with Gasteiger partial charge in [0.2, 0.25) is 0 Å². The molecule has 0 aliphatic carbocycles. The summed E-state index contributed by atoms with van der Waals surface area (Å²) < 4.78 is 1.19. The van der Waals surface area contributed by atoms with Gasteiger partial charge in [-0.3, -0.25) is 0 Å². The first-order valence-corrected chi connectivity index (χ1v) is 6.90. The van der Waals surface area contributed by atoms with Crippen LogP contribution in [-0.2, 0) is 0 Å². The summed E-state index contributed by atoms with van der Waals surface area (Å²) in [6.07, 6.45) is 7.15. The van der Waals surface area contributed by atoms with Crippen molar-refractivity contribution in [1.29, 1.82) is 0 Å². The maximum absolute atomic E-state index is 4.07. The molecule has 0 N–H and O–H groups in total. The van der Waals surface area contributed by atoms with Crippen LogP contribution in [0, 0.1) is 0 Å². The van der Waals surface area contributed by atoms with Crippen LogP contribution in [0.1, 0.15) is 32.6 Å². The van der Waals surface area contributed by atoms with Crippen LogP contribution >= 0.6 is 0 Å². The molecule has 0 aliphatic heterocycles. The van der Waals surface area contributed by atoms with Crippen LogP contribution in [-0.4, -0.2) is 25.2 Å². The molecule has 2 nitrogen and oxygen atoms in total. The molecule has 0 saturated carbocycles. The molecule has 1 aromatic heterocycles. The third-order valence-corrected chi connectivity index (χ3v) is 3.91. The molecule has 72 valence electrons. The third-order valence-electron chi connectivity index (χ3n) is 1.80. The molecule has 1 heterocycles. The molecule has 1 rings (SSSR count). The van der Waals surface area contributed by atoms with E-state index in [9.17, 15) is 0 Å². The predicted octanol–water partition coefficient (Wildman–Crippen LogP) is 1.80. The Morgan fingerprint density at radius 1 is 1.31 bits per heavy atom. The summed E-state index contributed by atoms with van der Waals surface area (Å²) in [5, 5.41) is 9.25. The minimum atomic E-state index is 0.544. The molecule has 0 aliphatic rings. The van der Waals surface area contributed by atoms with Gasteiger partial charge in [-0.05, 0) is 0 Å². The maximum atomic E-state index is 4.07. The number of hydrogen-bond acceptors (Lipinski definition) is 2. The van der Waals surface area contributed by atoms with Crippen LogP contribution in [0.5, 0.6) is 0 Å². The molecule has 0 amide bonds. The van der Waals surface area contributed by atoms with Crippen molar-refractivity contribution in [2.45, 2.75) is 37.9 Å². The number of hydrogen-bond donors (Lipinski definition) is 0. The zero-order valence-corrected chi connectivity index (χ0v) is 9.78. The molecule has 1 aromatic rings. The first-order valence-electron chi connectivity index (χ1n) is 4.84. The third kappa shape index (κ3) is 5.01. The van der Waals surface area contributed by atoms with E-state index in [0.29, 0.717) is 15.0 Å². The van der Waals surface area contributed by atoms with Crippen molar-refractivity contribution < 1.29 is 0 Å². The second kappa shape index (κ2) is 7.05. The Labute approximate surface area is 86.3 Å². The molecular weight excluding hydrogens is 227 g/mol. The van der Waals surface area contributed by atoms with Crippen LogP contribution < -0.4 is 4.59 Å². The topological polar surface area (TPSA) is 25.8 Å². The average Bonchev–Trinajstić information content (AvgIpc) is 2.19. The number of aromatic nitrogens is 2. The molecule has 0 unspecified atom stereocenters. The zero-order chi connectivity index (χ0) is 9.36. The molecule has 0 fully saturated rings. The van der Waals surface area contributed by atoms with Crippen LogP contribution in [0.25, 0.3) is 0 Å². The van der Waals surface area contributed by atoms with Gasteiger partial charge in [0.1, 0.15) is 0 Å². The molecule has 0 radical (unpaired) electrons. The van der Waals surface area contributed by atoms with Crippen LogP contribution in [0.2, 0.25) is 5.32 Å². The second-order valence-corrected chi connectivity index (χ2v) is 5.31. The number of unbranched alkanes of at least 4 members (excludes halogenated alkanes) is 3. The minimum absolute atomic E-state index is 0.544. The standard InChI is InChI=1S/C10H16N2Se/c1-2-3-4-5-9-13-10-7-6-8-11-12-10/h6-8H,2-5,9H2,1H3. The van der Waals surface area contributed by atoms with Gasteiger partial charge in [0, 0.05) is 0 Å². The van der Waals surface area contributed by atoms with Gasteiger partial charge >= 0.3 is 86.0 Å². The molecule has 0 saturated heterocycles. The van der Waals surface area contributed by atoms with E-state index in [0.717, 1.165) is 0 Å². The van der Waals surface area contributed by atoms with Gasteiger partial charge in [0.05, 0.1) is 0 Å². The average molecular weight is 243 g/mol. The quantitative estimate of drug-likeness (QED) is 0.562. The first-order chi connectivity index (χ1) is 6.43. The van der Waals surface area contributed by atoms with Crippen molar-refractivity contribution in [3.63, 3.8) is 0 Å². The second-order valence-electron chi connectivity index (χ2n) is 2.97. The zero-order valence-electron chi connectivity index (χ0n) is 8.07. The van der Waals surface area contributed by atoms with E-state index in [1.807, 2.05) is 6.07 Å². The molecule has 13 heavy (non-hydrogen) atoms. The van der Waals surface area contributed by atoms with Gasteiger partial charge in [0.25, 0.3) is 0 Å². The molecule has 3 heteroatoms. The summed E-state index contributed by atoms with van der Waals surface area (Å²) in [5.41, 5.74) is 0. The predicted molar refractivity (Wildman–Crippen MR) is 56.4 cm³/mol. The van der Waals surface area contributed by atoms with Crippen molar-refractivity contribution in [3.8, 4) is 0 Å². The van der Waals surface area contributed by atoms with E-state index in [1.54, 1.807) is 6.20 Å². The SMILES string of the molecule is CCCCCC[Se]c1cccnn1. The fraction of sp³-hybridized carbons (Fsp3) is 0.600. The van der Waals surface area contributed by atoms with Crippen molar-refractivity contribution in [2.75, 3.05) is 0 Å². The summed E-state index contributed by atoms with van der Waals surface area (Å²) in [6, 6.07) is 4.04. The van der Waals surface area contributed by atoms with E-state index in [2.05, 4.69) is 23.2 Å². The molecule has 0 spiro atoms. The molecular formula is C10H16N2Se. The Morgan fingerprint density at radius 2 is 2.23 bits per heavy atom. The van der Waals surface area contributed by atoms with Crippen LogP contribution in [0.15, 0.2) is 18.3 Å². The molecule has 0 bridgehead atoms. The summed E-state index contributed by atoms with van der Waals surface area (Å²) in [7, 11) is 0. The van der Waals surface area contributed by atoms with E-state index in [-0.39, 0.29) is 0 Å². The normalized spacial score (nSPS) is 10.2. The Kier molecular flexibility index (Phi) is 5.79. The fourth-order valence-corrected chi connectivity index (χ4v) is 2.83. The Morgan fingerprint density at radius 3 is 2.92 bits per heavy atom. The van der Waals surface area contributed by atoms with Gasteiger partial charge in [-0.25, -0.2) is 0 Å². The van der Waals surface area contributed by atoms with Gasteiger partial charge < -0.3 is 0 Å². The number of rotatable bonds is 6. The Bertz CT molecular complexity index is 213. The van der Waals surface area contributed by atoms with Gasteiger partial charge in [-0.2, -0.15) is 0 Å². The first kappa shape index (κ1) is 10.7. The van der Waals surface area contributed by atoms with E-state index in [1.165, 1.54) is 35.6 Å². The molecule has 0 aromatic carbocycles. The summed E-state index contributed by atoms with van der Waals surface area (Å²) in [4.78, 5) is 0. The van der Waals surface area contributed by atoms with Gasteiger partial charge in [0.15, 0.2) is 0 Å². The molecule has 0 atom stereocenters. The van der Waals surface area contributed by atoms with Crippen molar-refractivity contribution >= 4 is 19.5 Å². The van der Waals surface area contributed by atoms with E-state index >= 15 is 0 Å². The van der Waals surface area contributed by atoms with Gasteiger partial charge in [-0.15, -0.1) is 0 Å². The van der Waals surface area contributed by atoms with Gasteiger partial charge in [-0.1, -0.05) is 0 Å². The Balaban J connectivity index is 2.07. The van der Waals surface area contributed by atoms with Crippen molar-refractivity contribution in [2.24, 2.45) is 0 Å². The number of nitrogens with zero attached hydrogens (tertiary/aromatic N) is 2. The van der Waals surface area contributed by atoms with E-state index in [4.69, 9.17) is 0 Å². The van der Waals surface area contributed by atoms with E-state index < -0.39 is 0 Å². The van der Waals surface area contributed by atoms with Crippen molar-refractivity contribution in [1.82, 2.24) is 10.2 Å². The van der Waals surface area contributed by atoms with Crippen molar-refractivity contribution in [3.05, 3.63) is 18.3 Å². The van der Waals surface area contributed by atoms with Crippen LogP contribution in [0.3, 0.4) is 0 Å². The summed E-state index contributed by atoms with van der Waals surface area (Å²) in [5.74, 6) is 0. The fourth-order valence-electron chi connectivity index (χ4n) is 1.07. The van der Waals surface area contributed by atoms with Crippen LogP contribution in [0.4, 0.5) is 0 Å². The Hall–Kier alpha value is -0.401. The monoisotopic (exact) mass is 244 g/mol. The summed E-state index contributed by atoms with van der Waals surface area (Å²) >= 11 is 0.544. The summed E-state index contributed by atoms with van der Waals surface area (Å²) in [6.45, 7) is 2.24.